The summed E-state index contributed by atoms with van der Waals surface area (Å²) in [6.07, 6.45) is 1.10. The van der Waals surface area contributed by atoms with E-state index >= 15 is 0 Å². The molecule has 102 valence electrons. The molecule has 0 spiro atoms. The summed E-state index contributed by atoms with van der Waals surface area (Å²) < 4.78 is 39.3. The van der Waals surface area contributed by atoms with Crippen LogP contribution in [-0.4, -0.2) is 5.78 Å². The highest BCUT2D eigenvalue weighted by Gasteiger charge is 2.28. The summed E-state index contributed by atoms with van der Waals surface area (Å²) in [6, 6.07) is 9.20. The number of ketones is 1. The summed E-state index contributed by atoms with van der Waals surface area (Å²) in [4.78, 5) is 12.3. The summed E-state index contributed by atoms with van der Waals surface area (Å²) in [5, 5.41) is 0. The van der Waals surface area contributed by atoms with Gasteiger partial charge in [-0.05, 0) is 36.1 Å². The van der Waals surface area contributed by atoms with E-state index in [1.54, 1.807) is 0 Å². The highest BCUT2D eigenvalue weighted by Crippen LogP contribution is 2.29. The van der Waals surface area contributed by atoms with Crippen molar-refractivity contribution in [3.8, 4) is 0 Å². The maximum absolute atomic E-state index is 13.2. The Labute approximate surface area is 114 Å². The van der Waals surface area contributed by atoms with Crippen LogP contribution < -0.4 is 0 Å². The van der Waals surface area contributed by atoms with Crippen LogP contribution in [0.3, 0.4) is 0 Å². The van der Waals surface area contributed by atoms with Crippen molar-refractivity contribution in [3.63, 3.8) is 0 Å². The van der Waals surface area contributed by atoms with Crippen molar-refractivity contribution in [2.45, 2.75) is 12.8 Å². The first-order chi connectivity index (χ1) is 9.56. The fourth-order valence-corrected chi connectivity index (χ4v) is 2.68. The molecular weight excluding hydrogens is 265 g/mol. The van der Waals surface area contributed by atoms with Crippen LogP contribution in [0.25, 0.3) is 0 Å². The first kappa shape index (κ1) is 12.9. The monoisotopic (exact) mass is 276 g/mol. The topological polar surface area (TPSA) is 17.1 Å². The molecule has 2 aromatic carbocycles. The van der Waals surface area contributed by atoms with Crippen molar-refractivity contribution in [2.75, 3.05) is 0 Å². The Bertz CT molecular complexity index is 646. The minimum Gasteiger partial charge on any atom is -0.294 e. The molecule has 0 aromatic heterocycles. The maximum Gasteiger partial charge on any atom is 0.194 e. The van der Waals surface area contributed by atoms with Gasteiger partial charge in [-0.25, -0.2) is 13.2 Å². The number of hydrogen-bond acceptors (Lipinski definition) is 1. The van der Waals surface area contributed by atoms with Gasteiger partial charge in [0.1, 0.15) is 0 Å². The molecule has 0 amide bonds. The molecule has 1 aliphatic rings. The number of carbonyl (C=O) groups excluding carboxylic acids is 1. The van der Waals surface area contributed by atoms with Crippen LogP contribution in [0, 0.1) is 23.4 Å². The molecular formula is C16H11F3O. The minimum atomic E-state index is -1.55. The van der Waals surface area contributed by atoms with Gasteiger partial charge in [0.2, 0.25) is 0 Å². The Hall–Kier alpha value is -2.10. The summed E-state index contributed by atoms with van der Waals surface area (Å²) in [5.74, 6) is -4.89. The van der Waals surface area contributed by atoms with Crippen LogP contribution >= 0.6 is 0 Å². The first-order valence-corrected chi connectivity index (χ1v) is 6.32. The molecule has 0 radical (unpaired) electrons. The number of benzene rings is 2. The second-order valence-electron chi connectivity index (χ2n) is 4.99. The van der Waals surface area contributed by atoms with Gasteiger partial charge in [0.25, 0.3) is 0 Å². The van der Waals surface area contributed by atoms with Gasteiger partial charge in [0.05, 0.1) is 0 Å². The second kappa shape index (κ2) is 4.78. The minimum absolute atomic E-state index is 0.112. The van der Waals surface area contributed by atoms with Crippen LogP contribution in [-0.2, 0) is 12.8 Å². The van der Waals surface area contributed by atoms with Gasteiger partial charge in [0, 0.05) is 11.5 Å². The third kappa shape index (κ3) is 2.11. The van der Waals surface area contributed by atoms with E-state index in [0.717, 1.165) is 23.3 Å². The van der Waals surface area contributed by atoms with Crippen molar-refractivity contribution < 1.29 is 18.0 Å². The molecule has 0 bridgehead atoms. The predicted molar refractivity (Wildman–Crippen MR) is 68.0 cm³/mol. The Morgan fingerprint density at radius 1 is 0.950 bits per heavy atom. The molecule has 3 rings (SSSR count). The average molecular weight is 276 g/mol. The van der Waals surface area contributed by atoms with Gasteiger partial charge in [-0.1, -0.05) is 24.3 Å². The lowest BCUT2D eigenvalue weighted by Gasteiger charge is -2.08. The highest BCUT2D eigenvalue weighted by molar-refractivity contribution is 5.98. The van der Waals surface area contributed by atoms with E-state index in [4.69, 9.17) is 0 Å². The molecule has 20 heavy (non-hydrogen) atoms. The summed E-state index contributed by atoms with van der Waals surface area (Å²) in [5.41, 5.74) is 2.04. The summed E-state index contributed by atoms with van der Waals surface area (Å²) in [6.45, 7) is 0. The van der Waals surface area contributed by atoms with Crippen molar-refractivity contribution >= 4 is 5.78 Å². The van der Waals surface area contributed by atoms with E-state index in [0.29, 0.717) is 12.8 Å². The molecule has 0 heterocycles. The molecule has 0 atom stereocenters. The van der Waals surface area contributed by atoms with Gasteiger partial charge < -0.3 is 0 Å². The van der Waals surface area contributed by atoms with Gasteiger partial charge >= 0.3 is 0 Å². The normalized spacial score (nSPS) is 14.3. The van der Waals surface area contributed by atoms with Gasteiger partial charge in [-0.3, -0.25) is 4.79 Å². The number of Topliss-reactive ketones (excluding diaryl/α,β-unsaturated/α-hetero) is 1. The van der Waals surface area contributed by atoms with E-state index in [2.05, 4.69) is 0 Å². The Morgan fingerprint density at radius 2 is 1.45 bits per heavy atom. The molecule has 4 heteroatoms. The zero-order valence-corrected chi connectivity index (χ0v) is 10.5. The molecule has 1 nitrogen and oxygen atoms in total. The van der Waals surface area contributed by atoms with Crippen LogP contribution in [0.2, 0.25) is 0 Å². The first-order valence-electron chi connectivity index (χ1n) is 6.32. The zero-order chi connectivity index (χ0) is 14.3. The second-order valence-corrected chi connectivity index (χ2v) is 4.99. The predicted octanol–water partition coefficient (Wildman–Crippen LogP) is 3.70. The quantitative estimate of drug-likeness (QED) is 0.604. The number of hydrogen-bond donors (Lipinski definition) is 0. The summed E-state index contributed by atoms with van der Waals surface area (Å²) in [7, 11) is 0. The fourth-order valence-electron chi connectivity index (χ4n) is 2.68. The third-order valence-electron chi connectivity index (χ3n) is 3.69. The third-order valence-corrected chi connectivity index (χ3v) is 3.69. The number of rotatable bonds is 2. The van der Waals surface area contributed by atoms with Crippen molar-refractivity contribution in [1.82, 2.24) is 0 Å². The Morgan fingerprint density at radius 3 is 1.95 bits per heavy atom. The van der Waals surface area contributed by atoms with E-state index in [1.165, 1.54) is 0 Å². The van der Waals surface area contributed by atoms with E-state index < -0.39 is 17.5 Å². The highest BCUT2D eigenvalue weighted by atomic mass is 19.2. The van der Waals surface area contributed by atoms with Gasteiger partial charge in [0.15, 0.2) is 23.2 Å². The molecule has 2 aromatic rings. The Balaban J connectivity index is 1.88. The zero-order valence-electron chi connectivity index (χ0n) is 10.5. The van der Waals surface area contributed by atoms with E-state index in [-0.39, 0.29) is 17.3 Å². The number of carbonyl (C=O) groups is 1. The van der Waals surface area contributed by atoms with Crippen LogP contribution in [0.1, 0.15) is 21.5 Å². The molecule has 0 N–H and O–H groups in total. The standard InChI is InChI=1S/C16H11F3O/c17-13-7-12(8-14(18)15(13)19)16(20)11-5-9-3-1-2-4-10(9)6-11/h1-4,7-8,11H,5-6H2. The van der Waals surface area contributed by atoms with E-state index in [9.17, 15) is 18.0 Å². The van der Waals surface area contributed by atoms with Crippen molar-refractivity contribution in [1.29, 1.82) is 0 Å². The number of halogens is 3. The maximum atomic E-state index is 13.2. The molecule has 0 unspecified atom stereocenters. The fraction of sp³-hybridized carbons (Fsp3) is 0.188. The molecule has 0 saturated heterocycles. The smallest absolute Gasteiger partial charge is 0.194 e. The lowest BCUT2D eigenvalue weighted by molar-refractivity contribution is 0.0923. The van der Waals surface area contributed by atoms with Crippen molar-refractivity contribution in [2.24, 2.45) is 5.92 Å². The van der Waals surface area contributed by atoms with E-state index in [1.807, 2.05) is 24.3 Å². The Kier molecular flexibility index (Phi) is 3.08. The molecule has 0 fully saturated rings. The average Bonchev–Trinajstić information content (AvgIpc) is 2.87. The summed E-state index contributed by atoms with van der Waals surface area (Å²) >= 11 is 0. The van der Waals surface area contributed by atoms with Crippen LogP contribution in [0.15, 0.2) is 36.4 Å². The van der Waals surface area contributed by atoms with Crippen molar-refractivity contribution in [3.05, 3.63) is 70.5 Å². The molecule has 0 aliphatic heterocycles. The molecule has 1 aliphatic carbocycles. The molecule has 0 saturated carbocycles. The van der Waals surface area contributed by atoms with Gasteiger partial charge in [-0.15, -0.1) is 0 Å². The van der Waals surface area contributed by atoms with Crippen LogP contribution in [0.4, 0.5) is 13.2 Å². The number of fused-ring (bicyclic) bond motifs is 1. The lowest BCUT2D eigenvalue weighted by Crippen LogP contribution is -2.16. The lowest BCUT2D eigenvalue weighted by atomic mass is 9.95. The van der Waals surface area contributed by atoms with Gasteiger partial charge in [-0.2, -0.15) is 0 Å². The SMILES string of the molecule is O=C(c1cc(F)c(F)c(F)c1)C1Cc2ccccc2C1. The van der Waals surface area contributed by atoms with Crippen LogP contribution in [0.5, 0.6) is 0 Å². The largest absolute Gasteiger partial charge is 0.294 e.